The number of nitrogens with zero attached hydrogens (tertiary/aromatic N) is 2. The Labute approximate surface area is 119 Å². The molecule has 0 fully saturated rings. The van der Waals surface area contributed by atoms with Crippen LogP contribution < -0.4 is 5.43 Å². The van der Waals surface area contributed by atoms with Crippen molar-refractivity contribution in [1.29, 1.82) is 0 Å². The van der Waals surface area contributed by atoms with Gasteiger partial charge in [-0.25, -0.2) is 5.43 Å². The van der Waals surface area contributed by atoms with Crippen molar-refractivity contribution in [2.75, 3.05) is 0 Å². The molecule has 0 atom stereocenters. The number of carbonyl (C=O) groups excluding carboxylic acids is 1. The van der Waals surface area contributed by atoms with Gasteiger partial charge in [0.25, 0.3) is 11.6 Å². The fourth-order valence-electron chi connectivity index (χ4n) is 1.56. The third-order valence-corrected chi connectivity index (χ3v) is 2.59. The Morgan fingerprint density at radius 3 is 2.57 bits per heavy atom. The second kappa shape index (κ2) is 6.29. The number of non-ortho nitro benzene ring substituents is 1. The molecule has 0 saturated heterocycles. The number of aromatic hydroxyl groups is 1. The minimum Gasteiger partial charge on any atom is -0.508 e. The Bertz CT molecular complexity index is 696. The maximum Gasteiger partial charge on any atom is 0.271 e. The van der Waals surface area contributed by atoms with Gasteiger partial charge < -0.3 is 5.11 Å². The Kier molecular flexibility index (Phi) is 4.25. The lowest BCUT2D eigenvalue weighted by Gasteiger charge is -2.00. The second-order valence-corrected chi connectivity index (χ2v) is 4.10. The van der Waals surface area contributed by atoms with Crippen LogP contribution >= 0.6 is 0 Å². The molecular weight excluding hydrogens is 274 g/mol. The van der Waals surface area contributed by atoms with Crippen LogP contribution in [0.4, 0.5) is 5.69 Å². The second-order valence-electron chi connectivity index (χ2n) is 4.10. The van der Waals surface area contributed by atoms with E-state index in [9.17, 15) is 20.0 Å². The van der Waals surface area contributed by atoms with Crippen LogP contribution in [0.3, 0.4) is 0 Å². The first-order chi connectivity index (χ1) is 10.1. The number of nitro groups is 1. The minimum atomic E-state index is -0.495. The summed E-state index contributed by atoms with van der Waals surface area (Å²) in [5.41, 5.74) is 3.16. The number of hydrogen-bond donors (Lipinski definition) is 2. The molecule has 2 rings (SSSR count). The summed E-state index contributed by atoms with van der Waals surface area (Å²) in [6.45, 7) is 0. The summed E-state index contributed by atoms with van der Waals surface area (Å²) in [5.74, 6) is -0.480. The van der Waals surface area contributed by atoms with Gasteiger partial charge in [0, 0.05) is 17.7 Å². The number of phenols is 1. The van der Waals surface area contributed by atoms with Gasteiger partial charge in [0.1, 0.15) is 5.75 Å². The Hall–Kier alpha value is -3.22. The lowest BCUT2D eigenvalue weighted by molar-refractivity contribution is -0.384. The summed E-state index contributed by atoms with van der Waals surface area (Å²) in [5, 5.41) is 23.5. The molecule has 0 radical (unpaired) electrons. The number of nitro benzene ring substituents is 1. The molecule has 7 nitrogen and oxygen atoms in total. The highest BCUT2D eigenvalue weighted by atomic mass is 16.6. The van der Waals surface area contributed by atoms with E-state index in [-0.39, 0.29) is 17.0 Å². The van der Waals surface area contributed by atoms with Crippen LogP contribution in [0.5, 0.6) is 5.75 Å². The fourth-order valence-corrected chi connectivity index (χ4v) is 1.56. The van der Waals surface area contributed by atoms with E-state index in [4.69, 9.17) is 0 Å². The van der Waals surface area contributed by atoms with E-state index >= 15 is 0 Å². The molecule has 106 valence electrons. The molecule has 2 aromatic carbocycles. The zero-order valence-electron chi connectivity index (χ0n) is 10.8. The first-order valence-corrected chi connectivity index (χ1v) is 5.93. The largest absolute Gasteiger partial charge is 0.508 e. The Morgan fingerprint density at radius 2 is 1.95 bits per heavy atom. The quantitative estimate of drug-likeness (QED) is 0.509. The van der Waals surface area contributed by atoms with Crippen LogP contribution in [-0.2, 0) is 0 Å². The molecule has 0 heterocycles. The van der Waals surface area contributed by atoms with Gasteiger partial charge in [-0.2, -0.15) is 5.10 Å². The zero-order valence-corrected chi connectivity index (χ0v) is 10.8. The van der Waals surface area contributed by atoms with Gasteiger partial charge in [-0.3, -0.25) is 14.9 Å². The fraction of sp³-hybridized carbons (Fsp3) is 0. The van der Waals surface area contributed by atoms with Gasteiger partial charge in [0.2, 0.25) is 0 Å². The van der Waals surface area contributed by atoms with E-state index in [2.05, 4.69) is 10.5 Å². The first-order valence-electron chi connectivity index (χ1n) is 5.93. The van der Waals surface area contributed by atoms with Gasteiger partial charge in [-0.15, -0.1) is 0 Å². The number of hydrogen-bond acceptors (Lipinski definition) is 5. The summed E-state index contributed by atoms with van der Waals surface area (Å²) < 4.78 is 0. The number of nitrogens with one attached hydrogen (secondary N) is 1. The molecule has 2 aromatic rings. The van der Waals surface area contributed by atoms with Crippen LogP contribution in [0.1, 0.15) is 15.9 Å². The van der Waals surface area contributed by atoms with Gasteiger partial charge in [0.05, 0.1) is 11.1 Å². The number of carbonyl (C=O) groups is 1. The van der Waals surface area contributed by atoms with E-state index in [1.807, 2.05) is 0 Å². The molecule has 7 heteroatoms. The van der Waals surface area contributed by atoms with Crippen LogP contribution in [0.2, 0.25) is 0 Å². The van der Waals surface area contributed by atoms with E-state index in [0.717, 1.165) is 0 Å². The zero-order chi connectivity index (χ0) is 15.2. The third kappa shape index (κ3) is 3.87. The highest BCUT2D eigenvalue weighted by Crippen LogP contribution is 2.11. The predicted octanol–water partition coefficient (Wildman–Crippen LogP) is 2.06. The Balaban J connectivity index is 1.99. The van der Waals surface area contributed by atoms with Crippen molar-refractivity contribution in [3.8, 4) is 5.75 Å². The summed E-state index contributed by atoms with van der Waals surface area (Å²) >= 11 is 0. The molecule has 0 saturated carbocycles. The summed E-state index contributed by atoms with van der Waals surface area (Å²) in [6.07, 6.45) is 1.37. The predicted molar refractivity (Wildman–Crippen MR) is 76.3 cm³/mol. The molecule has 0 aliphatic heterocycles. The average molecular weight is 285 g/mol. The van der Waals surface area contributed by atoms with Crippen molar-refractivity contribution >= 4 is 17.8 Å². The van der Waals surface area contributed by atoms with E-state index in [1.54, 1.807) is 6.07 Å². The monoisotopic (exact) mass is 285 g/mol. The van der Waals surface area contributed by atoms with E-state index in [0.29, 0.717) is 5.56 Å². The minimum absolute atomic E-state index is 0.0120. The summed E-state index contributed by atoms with van der Waals surface area (Å²) in [7, 11) is 0. The molecule has 0 aliphatic rings. The van der Waals surface area contributed by atoms with Crippen LogP contribution in [0, 0.1) is 10.1 Å². The molecule has 2 N–H and O–H groups in total. The maximum atomic E-state index is 11.7. The molecule has 21 heavy (non-hydrogen) atoms. The van der Waals surface area contributed by atoms with E-state index in [1.165, 1.54) is 48.7 Å². The van der Waals surface area contributed by atoms with Crippen LogP contribution in [0.15, 0.2) is 53.6 Å². The molecular formula is C14H11N3O4. The van der Waals surface area contributed by atoms with Gasteiger partial charge in [0.15, 0.2) is 0 Å². The van der Waals surface area contributed by atoms with Gasteiger partial charge in [-0.1, -0.05) is 6.07 Å². The van der Waals surface area contributed by atoms with Crippen LogP contribution in [-0.4, -0.2) is 22.2 Å². The first kappa shape index (κ1) is 14.2. The smallest absolute Gasteiger partial charge is 0.271 e. The highest BCUT2D eigenvalue weighted by molar-refractivity contribution is 5.95. The van der Waals surface area contributed by atoms with Crippen molar-refractivity contribution < 1.29 is 14.8 Å². The standard InChI is InChI=1S/C14H11N3O4/c18-13-3-1-2-11(8-13)14(19)16-15-9-10-4-6-12(7-5-10)17(20)21/h1-9,18H,(H,16,19)/b15-9+. The van der Waals surface area contributed by atoms with Crippen molar-refractivity contribution in [3.05, 3.63) is 69.8 Å². The van der Waals surface area contributed by atoms with Gasteiger partial charge >= 0.3 is 0 Å². The molecule has 0 spiro atoms. The Morgan fingerprint density at radius 1 is 1.24 bits per heavy atom. The highest BCUT2D eigenvalue weighted by Gasteiger charge is 2.05. The van der Waals surface area contributed by atoms with Crippen molar-refractivity contribution in [3.63, 3.8) is 0 Å². The third-order valence-electron chi connectivity index (χ3n) is 2.59. The lowest BCUT2D eigenvalue weighted by atomic mass is 10.2. The normalized spacial score (nSPS) is 10.5. The molecule has 0 aliphatic carbocycles. The van der Waals surface area contributed by atoms with E-state index < -0.39 is 10.8 Å². The number of benzene rings is 2. The van der Waals surface area contributed by atoms with Crippen LogP contribution in [0.25, 0.3) is 0 Å². The SMILES string of the molecule is O=C(N/N=C/c1ccc([N+](=O)[O-])cc1)c1cccc(O)c1. The molecule has 0 unspecified atom stereocenters. The number of rotatable bonds is 4. The topological polar surface area (TPSA) is 105 Å². The van der Waals surface area contributed by atoms with Crippen molar-refractivity contribution in [2.45, 2.75) is 0 Å². The molecule has 0 aromatic heterocycles. The lowest BCUT2D eigenvalue weighted by Crippen LogP contribution is -2.17. The molecule has 0 bridgehead atoms. The van der Waals surface area contributed by atoms with Crippen molar-refractivity contribution in [2.24, 2.45) is 5.10 Å². The number of amides is 1. The summed E-state index contributed by atoms with van der Waals surface area (Å²) in [4.78, 5) is 21.7. The number of hydrazone groups is 1. The number of phenolic OH excluding ortho intramolecular Hbond substituents is 1. The maximum absolute atomic E-state index is 11.7. The van der Waals surface area contributed by atoms with Crippen molar-refractivity contribution in [1.82, 2.24) is 5.43 Å². The summed E-state index contributed by atoms with van der Waals surface area (Å²) in [6, 6.07) is 11.6. The molecule has 1 amide bonds. The average Bonchev–Trinajstić information content (AvgIpc) is 2.47. The van der Waals surface area contributed by atoms with Gasteiger partial charge in [-0.05, 0) is 35.9 Å².